The molecule has 0 heterocycles. The van der Waals surface area contributed by atoms with Crippen molar-refractivity contribution in [2.75, 3.05) is 6.61 Å². The molecule has 0 N–H and O–H groups in total. The first-order valence-corrected chi connectivity index (χ1v) is 6.32. The van der Waals surface area contributed by atoms with Crippen LogP contribution in [0.2, 0.25) is 0 Å². The van der Waals surface area contributed by atoms with E-state index in [0.29, 0.717) is 23.9 Å². The third-order valence-electron chi connectivity index (χ3n) is 2.69. The van der Waals surface area contributed by atoms with E-state index in [4.69, 9.17) is 9.47 Å². The Balaban J connectivity index is 2.37. The normalized spacial score (nSPS) is 10.2. The van der Waals surface area contributed by atoms with Crippen molar-refractivity contribution in [1.82, 2.24) is 0 Å². The number of hydrogen-bond acceptors (Lipinski definition) is 3. The first-order valence-electron chi connectivity index (χ1n) is 6.32. The molecule has 2 rings (SSSR count). The van der Waals surface area contributed by atoms with Gasteiger partial charge in [0.15, 0.2) is 17.3 Å². The van der Waals surface area contributed by atoms with E-state index in [2.05, 4.69) is 0 Å². The Morgan fingerprint density at radius 1 is 1.10 bits per heavy atom. The van der Waals surface area contributed by atoms with Gasteiger partial charge in [0, 0.05) is 0 Å². The van der Waals surface area contributed by atoms with Gasteiger partial charge in [0.1, 0.15) is 11.6 Å². The number of ether oxygens (including phenoxy) is 2. The van der Waals surface area contributed by atoms with Gasteiger partial charge in [-0.2, -0.15) is 0 Å². The van der Waals surface area contributed by atoms with Gasteiger partial charge in [0.2, 0.25) is 0 Å². The zero-order valence-electron chi connectivity index (χ0n) is 11.4. The van der Waals surface area contributed by atoms with E-state index in [1.807, 2.05) is 13.0 Å². The quantitative estimate of drug-likeness (QED) is 0.766. The van der Waals surface area contributed by atoms with Crippen LogP contribution < -0.4 is 9.47 Å². The van der Waals surface area contributed by atoms with Crippen LogP contribution >= 0.6 is 0 Å². The third kappa shape index (κ3) is 3.15. The molecule has 104 valence electrons. The Hall–Kier alpha value is -2.36. The summed E-state index contributed by atoms with van der Waals surface area (Å²) >= 11 is 0. The molecule has 0 saturated heterocycles. The van der Waals surface area contributed by atoms with Gasteiger partial charge in [-0.15, -0.1) is 0 Å². The molecule has 3 nitrogen and oxygen atoms in total. The topological polar surface area (TPSA) is 35.5 Å². The van der Waals surface area contributed by atoms with Gasteiger partial charge in [-0.05, 0) is 44.2 Å². The SMILES string of the molecule is CCOc1ccccc1Oc1ccc(F)cc1C(C)=O. The zero-order chi connectivity index (χ0) is 14.5. The van der Waals surface area contributed by atoms with Gasteiger partial charge >= 0.3 is 0 Å². The molecule has 0 aliphatic heterocycles. The Morgan fingerprint density at radius 3 is 2.45 bits per heavy atom. The molecule has 2 aromatic carbocycles. The summed E-state index contributed by atoms with van der Waals surface area (Å²) in [6, 6.07) is 11.0. The van der Waals surface area contributed by atoms with Crippen LogP contribution in [-0.2, 0) is 0 Å². The maximum absolute atomic E-state index is 13.2. The van der Waals surface area contributed by atoms with Crippen molar-refractivity contribution in [2.45, 2.75) is 13.8 Å². The minimum Gasteiger partial charge on any atom is -0.490 e. The lowest BCUT2D eigenvalue weighted by molar-refractivity contribution is 0.101. The second-order valence-corrected chi connectivity index (χ2v) is 4.18. The number of para-hydroxylation sites is 2. The molecular weight excluding hydrogens is 259 g/mol. The number of benzene rings is 2. The highest BCUT2D eigenvalue weighted by Gasteiger charge is 2.13. The lowest BCUT2D eigenvalue weighted by Gasteiger charge is -2.13. The zero-order valence-corrected chi connectivity index (χ0v) is 11.4. The molecule has 0 amide bonds. The van der Waals surface area contributed by atoms with Crippen LogP contribution in [-0.4, -0.2) is 12.4 Å². The number of carbonyl (C=O) groups is 1. The summed E-state index contributed by atoms with van der Waals surface area (Å²) in [5, 5.41) is 0. The Morgan fingerprint density at radius 2 is 1.80 bits per heavy atom. The first-order chi connectivity index (χ1) is 9.61. The Kier molecular flexibility index (Phi) is 4.35. The van der Waals surface area contributed by atoms with E-state index in [1.54, 1.807) is 18.2 Å². The van der Waals surface area contributed by atoms with Crippen molar-refractivity contribution >= 4 is 5.78 Å². The molecule has 0 aliphatic rings. The van der Waals surface area contributed by atoms with Crippen LogP contribution in [0, 0.1) is 5.82 Å². The average Bonchev–Trinajstić information content (AvgIpc) is 2.43. The van der Waals surface area contributed by atoms with Crippen molar-refractivity contribution in [2.24, 2.45) is 0 Å². The molecule has 0 aromatic heterocycles. The van der Waals surface area contributed by atoms with Crippen LogP contribution in [0.15, 0.2) is 42.5 Å². The highest BCUT2D eigenvalue weighted by atomic mass is 19.1. The van der Waals surface area contributed by atoms with Gasteiger partial charge in [-0.3, -0.25) is 4.79 Å². The Bertz CT molecular complexity index is 623. The van der Waals surface area contributed by atoms with Crippen molar-refractivity contribution in [3.63, 3.8) is 0 Å². The summed E-state index contributed by atoms with van der Waals surface area (Å²) in [4.78, 5) is 11.5. The van der Waals surface area contributed by atoms with Crippen molar-refractivity contribution in [3.05, 3.63) is 53.8 Å². The van der Waals surface area contributed by atoms with E-state index in [1.165, 1.54) is 25.1 Å². The number of hydrogen-bond donors (Lipinski definition) is 0. The van der Waals surface area contributed by atoms with Gasteiger partial charge in [0.05, 0.1) is 12.2 Å². The molecule has 0 aliphatic carbocycles. The molecular formula is C16H15FO3. The minimum absolute atomic E-state index is 0.205. The van der Waals surface area contributed by atoms with E-state index in [0.717, 1.165) is 0 Å². The van der Waals surface area contributed by atoms with Crippen molar-refractivity contribution in [1.29, 1.82) is 0 Å². The van der Waals surface area contributed by atoms with Crippen molar-refractivity contribution < 1.29 is 18.7 Å². The number of rotatable bonds is 5. The second kappa shape index (κ2) is 6.19. The van der Waals surface area contributed by atoms with Gasteiger partial charge in [0.25, 0.3) is 0 Å². The fourth-order valence-electron chi connectivity index (χ4n) is 1.79. The van der Waals surface area contributed by atoms with E-state index in [9.17, 15) is 9.18 Å². The molecule has 0 radical (unpaired) electrons. The Labute approximate surface area is 117 Å². The molecule has 0 spiro atoms. The van der Waals surface area contributed by atoms with E-state index >= 15 is 0 Å². The molecule has 0 fully saturated rings. The van der Waals surface area contributed by atoms with Gasteiger partial charge in [-0.25, -0.2) is 4.39 Å². The first kappa shape index (κ1) is 14.1. The van der Waals surface area contributed by atoms with Crippen LogP contribution in [0.1, 0.15) is 24.2 Å². The van der Waals surface area contributed by atoms with Crippen LogP contribution in [0.3, 0.4) is 0 Å². The maximum atomic E-state index is 13.2. The highest BCUT2D eigenvalue weighted by molar-refractivity contribution is 5.96. The average molecular weight is 274 g/mol. The molecule has 0 unspecified atom stereocenters. The fraction of sp³-hybridized carbons (Fsp3) is 0.188. The summed E-state index contributed by atoms with van der Waals surface area (Å²) in [7, 11) is 0. The van der Waals surface area contributed by atoms with Crippen LogP contribution in [0.25, 0.3) is 0 Å². The highest BCUT2D eigenvalue weighted by Crippen LogP contribution is 2.33. The summed E-state index contributed by atoms with van der Waals surface area (Å²) in [5.74, 6) is 0.650. The smallest absolute Gasteiger partial charge is 0.169 e. The molecule has 0 atom stereocenters. The van der Waals surface area contributed by atoms with E-state index < -0.39 is 5.82 Å². The number of ketones is 1. The third-order valence-corrected chi connectivity index (χ3v) is 2.69. The van der Waals surface area contributed by atoms with Crippen molar-refractivity contribution in [3.8, 4) is 17.2 Å². The lowest BCUT2D eigenvalue weighted by atomic mass is 10.1. The molecule has 0 bridgehead atoms. The monoisotopic (exact) mass is 274 g/mol. The summed E-state index contributed by atoms with van der Waals surface area (Å²) in [6.07, 6.45) is 0. The minimum atomic E-state index is -0.472. The lowest BCUT2D eigenvalue weighted by Crippen LogP contribution is -2.00. The largest absolute Gasteiger partial charge is 0.490 e. The van der Waals surface area contributed by atoms with Crippen LogP contribution in [0.5, 0.6) is 17.2 Å². The second-order valence-electron chi connectivity index (χ2n) is 4.18. The van der Waals surface area contributed by atoms with E-state index in [-0.39, 0.29) is 11.3 Å². The predicted molar refractivity (Wildman–Crippen MR) is 74.1 cm³/mol. The number of Topliss-reactive ketones (excluding diaryl/α,β-unsaturated/α-hetero) is 1. The van der Waals surface area contributed by atoms with Gasteiger partial charge in [-0.1, -0.05) is 12.1 Å². The molecule has 4 heteroatoms. The number of halogens is 1. The maximum Gasteiger partial charge on any atom is 0.169 e. The molecule has 20 heavy (non-hydrogen) atoms. The summed E-state index contributed by atoms with van der Waals surface area (Å²) in [5.41, 5.74) is 0.205. The number of carbonyl (C=O) groups excluding carboxylic acids is 1. The standard InChI is InChI=1S/C16H15FO3/c1-3-19-15-6-4-5-7-16(15)20-14-9-8-12(17)10-13(14)11(2)18/h4-10H,3H2,1-2H3. The predicted octanol–water partition coefficient (Wildman–Crippen LogP) is 4.22. The summed E-state index contributed by atoms with van der Waals surface area (Å²) in [6.45, 7) is 3.75. The molecule has 2 aromatic rings. The van der Waals surface area contributed by atoms with Crippen LogP contribution in [0.4, 0.5) is 4.39 Å². The molecule has 0 saturated carbocycles. The summed E-state index contributed by atoms with van der Waals surface area (Å²) < 4.78 is 24.4. The van der Waals surface area contributed by atoms with Gasteiger partial charge < -0.3 is 9.47 Å². The fourth-order valence-corrected chi connectivity index (χ4v) is 1.79.